The molecule has 2 heterocycles. The summed E-state index contributed by atoms with van der Waals surface area (Å²) >= 11 is 1.39. The van der Waals surface area contributed by atoms with Gasteiger partial charge in [0.1, 0.15) is 11.6 Å². The molecular formula is C21H18BFN4O3S. The molecule has 0 unspecified atom stereocenters. The molecule has 7 nitrogen and oxygen atoms in total. The Balaban J connectivity index is 1.79. The van der Waals surface area contributed by atoms with Gasteiger partial charge in [-0.05, 0) is 36.8 Å². The van der Waals surface area contributed by atoms with Crippen LogP contribution < -0.4 is 16.6 Å². The standard InChI is InChI=1S/C21H18BFN4O3S/c1-11-18(14-6-3-7-15(20(24)28)19(14)31-11)21-26-16(22(29)30)9-17(27-21)25-10-12-4-2-5-13(23)8-12/h2-9,29-30H,10H2,1H3,(H2,24,28)(H,25,26,27). The van der Waals surface area contributed by atoms with Crippen molar-refractivity contribution in [3.8, 4) is 11.4 Å². The summed E-state index contributed by atoms with van der Waals surface area (Å²) in [4.78, 5) is 21.5. The summed E-state index contributed by atoms with van der Waals surface area (Å²) < 4.78 is 14.2. The molecule has 0 aliphatic heterocycles. The molecule has 156 valence electrons. The number of hydrogen-bond donors (Lipinski definition) is 4. The Kier molecular flexibility index (Phi) is 5.68. The van der Waals surface area contributed by atoms with Crippen LogP contribution in [-0.4, -0.2) is 33.0 Å². The number of fused-ring (bicyclic) bond motifs is 1. The number of benzene rings is 2. The largest absolute Gasteiger partial charge is 0.508 e. The molecular weight excluding hydrogens is 418 g/mol. The van der Waals surface area contributed by atoms with Crippen molar-refractivity contribution in [2.45, 2.75) is 13.5 Å². The predicted molar refractivity (Wildman–Crippen MR) is 120 cm³/mol. The van der Waals surface area contributed by atoms with Gasteiger partial charge in [-0.1, -0.05) is 24.3 Å². The van der Waals surface area contributed by atoms with Gasteiger partial charge in [0.15, 0.2) is 5.82 Å². The minimum atomic E-state index is -1.80. The minimum Gasteiger partial charge on any atom is -0.422 e. The number of halogens is 1. The maximum atomic E-state index is 13.4. The number of anilines is 1. The van der Waals surface area contributed by atoms with Crippen molar-refractivity contribution >= 4 is 45.9 Å². The van der Waals surface area contributed by atoms with Gasteiger partial charge in [-0.25, -0.2) is 14.4 Å². The Hall–Kier alpha value is -3.34. The molecule has 5 N–H and O–H groups in total. The minimum absolute atomic E-state index is 0.0107. The zero-order valence-electron chi connectivity index (χ0n) is 16.5. The van der Waals surface area contributed by atoms with Gasteiger partial charge >= 0.3 is 7.12 Å². The van der Waals surface area contributed by atoms with Gasteiger partial charge in [-0.3, -0.25) is 4.79 Å². The molecule has 0 aliphatic carbocycles. The number of aromatic nitrogens is 2. The maximum absolute atomic E-state index is 13.4. The van der Waals surface area contributed by atoms with Crippen LogP contribution in [-0.2, 0) is 6.54 Å². The third-order valence-electron chi connectivity index (χ3n) is 4.75. The van der Waals surface area contributed by atoms with Crippen LogP contribution >= 0.6 is 11.3 Å². The fraction of sp³-hybridized carbons (Fsp3) is 0.0952. The Labute approximate surface area is 181 Å². The molecule has 0 fully saturated rings. The van der Waals surface area contributed by atoms with Crippen molar-refractivity contribution in [3.63, 3.8) is 0 Å². The summed E-state index contributed by atoms with van der Waals surface area (Å²) in [6, 6.07) is 12.8. The lowest BCUT2D eigenvalue weighted by Crippen LogP contribution is -2.33. The second-order valence-electron chi connectivity index (χ2n) is 6.94. The van der Waals surface area contributed by atoms with E-state index < -0.39 is 13.0 Å². The van der Waals surface area contributed by atoms with Crippen LogP contribution in [0.15, 0.2) is 48.5 Å². The Bertz CT molecular complexity index is 1300. The van der Waals surface area contributed by atoms with Crippen LogP contribution in [0.25, 0.3) is 21.5 Å². The van der Waals surface area contributed by atoms with Gasteiger partial charge in [0.05, 0.1) is 11.2 Å². The molecule has 0 spiro atoms. The number of rotatable bonds is 6. The molecule has 0 saturated carbocycles. The van der Waals surface area contributed by atoms with E-state index in [1.807, 2.05) is 13.0 Å². The molecule has 4 aromatic rings. The molecule has 0 atom stereocenters. The zero-order chi connectivity index (χ0) is 22.1. The lowest BCUT2D eigenvalue weighted by atomic mass is 9.85. The Morgan fingerprint density at radius 3 is 2.68 bits per heavy atom. The molecule has 0 aliphatic rings. The molecule has 1 amide bonds. The highest BCUT2D eigenvalue weighted by molar-refractivity contribution is 7.20. The maximum Gasteiger partial charge on any atom is 0.508 e. The molecule has 0 radical (unpaired) electrons. The molecule has 31 heavy (non-hydrogen) atoms. The Morgan fingerprint density at radius 2 is 1.97 bits per heavy atom. The Morgan fingerprint density at radius 1 is 1.19 bits per heavy atom. The SMILES string of the molecule is Cc1sc2c(C(N)=O)cccc2c1-c1nc(NCc2cccc(F)c2)cc(B(O)O)n1. The molecule has 2 aromatic heterocycles. The summed E-state index contributed by atoms with van der Waals surface area (Å²) in [6.45, 7) is 2.15. The van der Waals surface area contributed by atoms with E-state index in [1.54, 1.807) is 24.3 Å². The van der Waals surface area contributed by atoms with Gasteiger partial charge in [0.25, 0.3) is 0 Å². The van der Waals surface area contributed by atoms with Gasteiger partial charge in [0, 0.05) is 27.1 Å². The van der Waals surface area contributed by atoms with Crippen LogP contribution in [0, 0.1) is 12.7 Å². The quantitative estimate of drug-likeness (QED) is 0.344. The number of thiophene rings is 1. The summed E-state index contributed by atoms with van der Waals surface area (Å²) in [5.41, 5.74) is 7.30. The topological polar surface area (TPSA) is 121 Å². The number of carbonyl (C=O) groups is 1. The van der Waals surface area contributed by atoms with E-state index in [9.17, 15) is 19.2 Å². The first-order chi connectivity index (χ1) is 14.8. The molecule has 0 saturated heterocycles. The fourth-order valence-corrected chi connectivity index (χ4v) is 4.52. The first kappa shape index (κ1) is 20.9. The first-order valence-corrected chi connectivity index (χ1v) is 10.2. The highest BCUT2D eigenvalue weighted by Gasteiger charge is 2.21. The summed E-state index contributed by atoms with van der Waals surface area (Å²) in [5.74, 6) is -0.254. The summed E-state index contributed by atoms with van der Waals surface area (Å²) in [7, 11) is -1.80. The lowest BCUT2D eigenvalue weighted by molar-refractivity contribution is 0.100. The molecule has 2 aromatic carbocycles. The van der Waals surface area contributed by atoms with Crippen molar-refractivity contribution in [1.29, 1.82) is 0 Å². The van der Waals surface area contributed by atoms with E-state index in [1.165, 1.54) is 29.5 Å². The number of amides is 1. The lowest BCUT2D eigenvalue weighted by Gasteiger charge is -2.11. The van der Waals surface area contributed by atoms with E-state index in [0.717, 1.165) is 15.0 Å². The molecule has 10 heteroatoms. The van der Waals surface area contributed by atoms with Gasteiger partial charge in [0.2, 0.25) is 5.91 Å². The third kappa shape index (κ3) is 4.27. The fourth-order valence-electron chi connectivity index (χ4n) is 3.35. The van der Waals surface area contributed by atoms with Crippen molar-refractivity contribution in [2.24, 2.45) is 5.73 Å². The van der Waals surface area contributed by atoms with Crippen LogP contribution in [0.4, 0.5) is 10.2 Å². The molecule has 4 rings (SSSR count). The number of nitrogens with one attached hydrogen (secondary N) is 1. The number of hydrogen-bond acceptors (Lipinski definition) is 7. The second kappa shape index (κ2) is 8.42. The monoisotopic (exact) mass is 436 g/mol. The van der Waals surface area contributed by atoms with Crippen LogP contribution in [0.5, 0.6) is 0 Å². The number of carbonyl (C=O) groups excluding carboxylic acids is 1. The van der Waals surface area contributed by atoms with Crippen molar-refractivity contribution < 1.29 is 19.2 Å². The van der Waals surface area contributed by atoms with Crippen LogP contribution in [0.3, 0.4) is 0 Å². The van der Waals surface area contributed by atoms with Gasteiger partial charge in [-0.2, -0.15) is 0 Å². The number of nitrogens with two attached hydrogens (primary N) is 1. The smallest absolute Gasteiger partial charge is 0.422 e. The van der Waals surface area contributed by atoms with Crippen molar-refractivity contribution in [1.82, 2.24) is 9.97 Å². The second-order valence-corrected chi connectivity index (χ2v) is 8.16. The summed E-state index contributed by atoms with van der Waals surface area (Å²) in [6.07, 6.45) is 0. The average molecular weight is 436 g/mol. The number of nitrogens with zero attached hydrogens (tertiary/aromatic N) is 2. The zero-order valence-corrected chi connectivity index (χ0v) is 17.3. The highest BCUT2D eigenvalue weighted by Crippen LogP contribution is 2.38. The first-order valence-electron chi connectivity index (χ1n) is 9.39. The number of primary amides is 1. The average Bonchev–Trinajstić information content (AvgIpc) is 3.07. The van der Waals surface area contributed by atoms with Crippen molar-refractivity contribution in [3.05, 3.63) is 70.4 Å². The van der Waals surface area contributed by atoms with Crippen LogP contribution in [0.2, 0.25) is 0 Å². The van der Waals surface area contributed by atoms with Gasteiger partial charge < -0.3 is 21.1 Å². The normalized spacial score (nSPS) is 11.0. The van der Waals surface area contributed by atoms with Crippen molar-refractivity contribution in [2.75, 3.05) is 5.32 Å². The predicted octanol–water partition coefficient (Wildman–Crippen LogP) is 2.20. The van der Waals surface area contributed by atoms with E-state index >= 15 is 0 Å². The summed E-state index contributed by atoms with van der Waals surface area (Å²) in [5, 5.41) is 23.3. The number of aryl methyl sites for hydroxylation is 1. The molecule has 0 bridgehead atoms. The van der Waals surface area contributed by atoms with Crippen LogP contribution in [0.1, 0.15) is 20.8 Å². The highest BCUT2D eigenvalue weighted by atomic mass is 32.1. The third-order valence-corrected chi connectivity index (χ3v) is 5.91. The van der Waals surface area contributed by atoms with E-state index in [2.05, 4.69) is 15.3 Å². The van der Waals surface area contributed by atoms with E-state index in [0.29, 0.717) is 22.5 Å². The van der Waals surface area contributed by atoms with E-state index in [-0.39, 0.29) is 23.8 Å². The van der Waals surface area contributed by atoms with E-state index in [4.69, 9.17) is 5.73 Å². The van der Waals surface area contributed by atoms with Gasteiger partial charge in [-0.15, -0.1) is 11.3 Å².